The summed E-state index contributed by atoms with van der Waals surface area (Å²) in [5, 5.41) is 0. The van der Waals surface area contributed by atoms with Gasteiger partial charge in [-0.25, -0.2) is 0 Å². The van der Waals surface area contributed by atoms with Crippen molar-refractivity contribution in [3.8, 4) is 0 Å². The molecule has 0 amide bonds. The Labute approximate surface area is 160 Å². The van der Waals surface area contributed by atoms with Crippen molar-refractivity contribution >= 4 is 28.6 Å². The monoisotopic (exact) mass is 460 g/mol. The van der Waals surface area contributed by atoms with Gasteiger partial charge in [-0.15, -0.1) is 0 Å². The Hall–Kier alpha value is -0.740. The van der Waals surface area contributed by atoms with Gasteiger partial charge in [0.25, 0.3) is 0 Å². The number of hydrogen-bond donors (Lipinski definition) is 0. The topological polar surface area (TPSA) is 63.2 Å². The molecule has 3 aliphatic heterocycles. The number of rotatable bonds is 4. The summed E-state index contributed by atoms with van der Waals surface area (Å²) in [7, 11) is 0. The number of halogens is 1. The fourth-order valence-electron chi connectivity index (χ4n) is 3.59. The van der Waals surface area contributed by atoms with Crippen molar-refractivity contribution in [3.05, 3.63) is 35.9 Å². The van der Waals surface area contributed by atoms with Gasteiger partial charge in [-0.1, -0.05) is 52.9 Å². The summed E-state index contributed by atoms with van der Waals surface area (Å²) in [6.07, 6.45) is -1.44. The van der Waals surface area contributed by atoms with Crippen LogP contribution in [0.25, 0.3) is 0 Å². The number of alkyl halides is 1. The number of carbonyl (C=O) groups excluding carboxylic acids is 1. The molecule has 0 spiro atoms. The van der Waals surface area contributed by atoms with Crippen LogP contribution in [0.3, 0.4) is 0 Å². The minimum absolute atomic E-state index is 0.144. The Bertz CT molecular complexity index is 636. The third-order valence-corrected chi connectivity index (χ3v) is 6.13. The third kappa shape index (κ3) is 3.44. The molecule has 0 radical (unpaired) electrons. The molecule has 0 saturated carbocycles. The minimum Gasteiger partial charge on any atom is -0.434 e. The van der Waals surface area contributed by atoms with Gasteiger partial charge < -0.3 is 23.7 Å². The molecular formula is C18H21IO6. The molecule has 0 aromatic heterocycles. The van der Waals surface area contributed by atoms with E-state index in [9.17, 15) is 4.79 Å². The van der Waals surface area contributed by atoms with Crippen LogP contribution in [0.4, 0.5) is 0 Å². The SMILES string of the molecule is CC1(C)OC[C@H]([C@H]2O[C@@H]3OC(=O)[C@@H](I)[C@@H]3[C@H]2OCc2ccccc2)O1. The van der Waals surface area contributed by atoms with Gasteiger partial charge in [-0.05, 0) is 19.4 Å². The number of ether oxygens (including phenoxy) is 5. The van der Waals surface area contributed by atoms with Crippen molar-refractivity contribution in [1.29, 1.82) is 0 Å². The highest BCUT2D eigenvalue weighted by Gasteiger charge is 2.60. The predicted octanol–water partition coefficient (Wildman–Crippen LogP) is 2.42. The van der Waals surface area contributed by atoms with E-state index in [0.717, 1.165) is 5.56 Å². The molecule has 0 bridgehead atoms. The summed E-state index contributed by atoms with van der Waals surface area (Å²) in [6.45, 7) is 4.64. The molecule has 3 saturated heterocycles. The second-order valence-electron chi connectivity index (χ2n) is 7.01. The highest BCUT2D eigenvalue weighted by molar-refractivity contribution is 14.1. The van der Waals surface area contributed by atoms with Crippen molar-refractivity contribution in [2.24, 2.45) is 5.92 Å². The first-order valence-electron chi connectivity index (χ1n) is 8.42. The molecule has 6 atom stereocenters. The number of fused-ring (bicyclic) bond motifs is 1. The largest absolute Gasteiger partial charge is 0.434 e. The normalized spacial score (nSPS) is 39.4. The second-order valence-corrected chi connectivity index (χ2v) is 8.36. The fraction of sp³-hybridized carbons (Fsp3) is 0.611. The van der Waals surface area contributed by atoms with Crippen LogP contribution in [0.15, 0.2) is 30.3 Å². The molecule has 3 fully saturated rings. The fourth-order valence-corrected chi connectivity index (χ4v) is 4.49. The van der Waals surface area contributed by atoms with E-state index in [1.807, 2.05) is 44.2 Å². The average Bonchev–Trinajstić information content (AvgIpc) is 3.20. The van der Waals surface area contributed by atoms with E-state index in [2.05, 4.69) is 22.6 Å². The minimum atomic E-state index is -0.643. The van der Waals surface area contributed by atoms with Crippen LogP contribution in [-0.2, 0) is 35.1 Å². The predicted molar refractivity (Wildman–Crippen MR) is 96.0 cm³/mol. The molecular weight excluding hydrogens is 439 g/mol. The standard InChI is InChI=1S/C18H21IO6/c1-18(2)22-9-11(25-18)14-15(21-8-10-6-4-3-5-7-10)12-13(19)16(20)24-17(12)23-14/h3-7,11-15,17H,8-9H2,1-2H3/t11-,12-,13+,14-,15-,17-/m1/s1. The Morgan fingerprint density at radius 2 is 2.04 bits per heavy atom. The first kappa shape index (κ1) is 17.7. The summed E-state index contributed by atoms with van der Waals surface area (Å²) in [5.74, 6) is -1.03. The van der Waals surface area contributed by atoms with Gasteiger partial charge in [0.1, 0.15) is 16.1 Å². The third-order valence-electron chi connectivity index (χ3n) is 4.79. The lowest BCUT2D eigenvalue weighted by atomic mass is 9.96. The Morgan fingerprint density at radius 1 is 1.28 bits per heavy atom. The van der Waals surface area contributed by atoms with Crippen molar-refractivity contribution in [2.75, 3.05) is 6.61 Å². The Morgan fingerprint density at radius 3 is 2.72 bits per heavy atom. The quantitative estimate of drug-likeness (QED) is 0.391. The zero-order valence-electron chi connectivity index (χ0n) is 14.1. The molecule has 25 heavy (non-hydrogen) atoms. The second kappa shape index (κ2) is 6.77. The first-order chi connectivity index (χ1) is 11.9. The highest BCUT2D eigenvalue weighted by Crippen LogP contribution is 2.44. The molecule has 1 aromatic carbocycles. The molecule has 3 aliphatic rings. The van der Waals surface area contributed by atoms with Crippen LogP contribution in [0.5, 0.6) is 0 Å². The van der Waals surface area contributed by atoms with E-state index < -0.39 is 12.1 Å². The van der Waals surface area contributed by atoms with Crippen LogP contribution in [-0.4, -0.2) is 46.9 Å². The van der Waals surface area contributed by atoms with E-state index in [1.54, 1.807) is 0 Å². The average molecular weight is 460 g/mol. The number of carbonyl (C=O) groups is 1. The first-order valence-corrected chi connectivity index (χ1v) is 9.66. The maximum atomic E-state index is 11.9. The maximum absolute atomic E-state index is 11.9. The summed E-state index contributed by atoms with van der Waals surface area (Å²) in [4.78, 5) is 11.9. The number of hydrogen-bond acceptors (Lipinski definition) is 6. The van der Waals surface area contributed by atoms with E-state index in [1.165, 1.54) is 0 Å². The van der Waals surface area contributed by atoms with E-state index in [4.69, 9.17) is 23.7 Å². The highest BCUT2D eigenvalue weighted by atomic mass is 127. The van der Waals surface area contributed by atoms with Crippen LogP contribution in [0.2, 0.25) is 0 Å². The van der Waals surface area contributed by atoms with Gasteiger partial charge in [-0.2, -0.15) is 0 Å². The smallest absolute Gasteiger partial charge is 0.321 e. The Kier molecular flexibility index (Phi) is 4.78. The summed E-state index contributed by atoms with van der Waals surface area (Å²) < 4.78 is 29.0. The summed E-state index contributed by atoms with van der Waals surface area (Å²) in [5.41, 5.74) is 1.07. The van der Waals surface area contributed by atoms with Gasteiger partial charge in [0, 0.05) is 0 Å². The molecule has 0 N–H and O–H groups in total. The zero-order valence-corrected chi connectivity index (χ0v) is 16.3. The lowest BCUT2D eigenvalue weighted by Crippen LogP contribution is -2.43. The van der Waals surface area contributed by atoms with Gasteiger partial charge in [-0.3, -0.25) is 4.79 Å². The van der Waals surface area contributed by atoms with Crippen LogP contribution in [0.1, 0.15) is 19.4 Å². The summed E-state index contributed by atoms with van der Waals surface area (Å²) >= 11 is 2.12. The van der Waals surface area contributed by atoms with E-state index in [0.29, 0.717) is 13.2 Å². The Balaban J connectivity index is 1.52. The molecule has 7 heteroatoms. The van der Waals surface area contributed by atoms with Gasteiger partial charge in [0.05, 0.1) is 25.2 Å². The molecule has 1 aromatic rings. The molecule has 0 unspecified atom stereocenters. The molecule has 136 valence electrons. The van der Waals surface area contributed by atoms with Crippen molar-refractivity contribution in [1.82, 2.24) is 0 Å². The lowest BCUT2D eigenvalue weighted by Gasteiger charge is -2.27. The van der Waals surface area contributed by atoms with Crippen LogP contribution >= 0.6 is 22.6 Å². The molecule has 4 rings (SSSR count). The van der Waals surface area contributed by atoms with Crippen LogP contribution < -0.4 is 0 Å². The van der Waals surface area contributed by atoms with E-state index in [-0.39, 0.29) is 34.1 Å². The van der Waals surface area contributed by atoms with Gasteiger partial charge in [0.2, 0.25) is 6.29 Å². The summed E-state index contributed by atoms with van der Waals surface area (Å²) in [6, 6.07) is 9.95. The molecule has 6 nitrogen and oxygen atoms in total. The number of benzene rings is 1. The molecule has 3 heterocycles. The van der Waals surface area contributed by atoms with Crippen molar-refractivity contribution in [2.45, 2.75) is 54.8 Å². The van der Waals surface area contributed by atoms with E-state index >= 15 is 0 Å². The van der Waals surface area contributed by atoms with Gasteiger partial charge in [0.15, 0.2) is 5.79 Å². The van der Waals surface area contributed by atoms with Crippen molar-refractivity contribution < 1.29 is 28.5 Å². The maximum Gasteiger partial charge on any atom is 0.321 e. The van der Waals surface area contributed by atoms with Gasteiger partial charge >= 0.3 is 5.97 Å². The lowest BCUT2D eigenvalue weighted by molar-refractivity contribution is -0.189. The zero-order chi connectivity index (χ0) is 17.6. The van der Waals surface area contributed by atoms with Crippen molar-refractivity contribution in [3.63, 3.8) is 0 Å². The molecule has 0 aliphatic carbocycles. The number of esters is 1. The van der Waals surface area contributed by atoms with Crippen LogP contribution in [0, 0.1) is 5.92 Å².